The number of fused-ring (bicyclic) bond motifs is 2. The summed E-state index contributed by atoms with van der Waals surface area (Å²) in [5, 5.41) is 6.46. The van der Waals surface area contributed by atoms with E-state index < -0.39 is 11.9 Å². The first-order valence-electron chi connectivity index (χ1n) is 11.8. The van der Waals surface area contributed by atoms with Gasteiger partial charge in [-0.2, -0.15) is 0 Å². The molecule has 1 atom stereocenters. The van der Waals surface area contributed by atoms with Crippen molar-refractivity contribution >= 4 is 33.4 Å². The van der Waals surface area contributed by atoms with E-state index in [2.05, 4.69) is 11.4 Å². The summed E-state index contributed by atoms with van der Waals surface area (Å²) in [5.74, 6) is -0.238. The van der Waals surface area contributed by atoms with Crippen LogP contribution >= 0.6 is 0 Å². The van der Waals surface area contributed by atoms with Gasteiger partial charge in [0.2, 0.25) is 5.91 Å². The second-order valence-corrected chi connectivity index (χ2v) is 8.75. The molecule has 5 rings (SSSR count). The summed E-state index contributed by atoms with van der Waals surface area (Å²) in [6, 6.07) is 34.1. The van der Waals surface area contributed by atoms with E-state index in [1.54, 1.807) is 0 Å². The molecule has 5 aromatic carbocycles. The Hall–Kier alpha value is -4.64. The zero-order valence-electron chi connectivity index (χ0n) is 19.7. The molecule has 0 saturated heterocycles. The van der Waals surface area contributed by atoms with Crippen LogP contribution in [0.5, 0.6) is 5.75 Å². The molecule has 0 heterocycles. The quantitative estimate of drug-likeness (QED) is 0.296. The molecule has 0 radical (unpaired) electrons. The van der Waals surface area contributed by atoms with Crippen molar-refractivity contribution in [1.29, 1.82) is 0 Å². The molecule has 0 spiro atoms. The molecule has 178 valence electrons. The SMILES string of the molecule is NC(=O)[C@H](Cc1cccc(OCc2ccccc2)c1)NC(=O)c1c2ccccc2cc2ccccc12. The molecule has 0 unspecified atom stereocenters. The van der Waals surface area contributed by atoms with Crippen LogP contribution in [0.3, 0.4) is 0 Å². The van der Waals surface area contributed by atoms with E-state index >= 15 is 0 Å². The Bertz CT molecular complexity index is 1490. The fourth-order valence-electron chi connectivity index (χ4n) is 4.45. The van der Waals surface area contributed by atoms with Gasteiger partial charge in [0.15, 0.2) is 0 Å². The van der Waals surface area contributed by atoms with E-state index in [1.165, 1.54) is 0 Å². The summed E-state index contributed by atoms with van der Waals surface area (Å²) in [4.78, 5) is 25.9. The van der Waals surface area contributed by atoms with Gasteiger partial charge in [-0.1, -0.05) is 91.0 Å². The first-order valence-corrected chi connectivity index (χ1v) is 11.8. The van der Waals surface area contributed by atoms with Crippen molar-refractivity contribution in [3.8, 4) is 5.75 Å². The van der Waals surface area contributed by atoms with Crippen LogP contribution in [0.15, 0.2) is 109 Å². The second-order valence-electron chi connectivity index (χ2n) is 8.75. The molecule has 5 aromatic rings. The van der Waals surface area contributed by atoms with Crippen LogP contribution in [0.2, 0.25) is 0 Å². The minimum Gasteiger partial charge on any atom is -0.489 e. The number of primary amides is 1. The predicted molar refractivity (Wildman–Crippen MR) is 143 cm³/mol. The minimum atomic E-state index is -0.875. The molecule has 0 aliphatic heterocycles. The van der Waals surface area contributed by atoms with Gasteiger partial charge in [0.05, 0.1) is 5.56 Å². The fraction of sp³-hybridized carbons (Fsp3) is 0.0968. The van der Waals surface area contributed by atoms with Crippen molar-refractivity contribution in [2.75, 3.05) is 0 Å². The Morgan fingerprint density at radius 1 is 0.722 bits per heavy atom. The molecular weight excluding hydrogens is 448 g/mol. The summed E-state index contributed by atoms with van der Waals surface area (Å²) >= 11 is 0. The number of hydrogen-bond donors (Lipinski definition) is 2. The van der Waals surface area contributed by atoms with Gasteiger partial charge in [0.25, 0.3) is 5.91 Å². The van der Waals surface area contributed by atoms with E-state index in [4.69, 9.17) is 10.5 Å². The molecule has 3 N–H and O–H groups in total. The molecular formula is C31H26N2O3. The maximum Gasteiger partial charge on any atom is 0.253 e. The number of carbonyl (C=O) groups is 2. The van der Waals surface area contributed by atoms with Crippen LogP contribution in [-0.4, -0.2) is 17.9 Å². The molecule has 5 nitrogen and oxygen atoms in total. The molecule has 0 aromatic heterocycles. The summed E-state index contributed by atoms with van der Waals surface area (Å²) in [7, 11) is 0. The Morgan fingerprint density at radius 3 is 2.00 bits per heavy atom. The van der Waals surface area contributed by atoms with E-state index in [9.17, 15) is 9.59 Å². The Kier molecular flexibility index (Phi) is 6.63. The zero-order valence-corrected chi connectivity index (χ0v) is 19.7. The summed E-state index contributed by atoms with van der Waals surface area (Å²) in [6.07, 6.45) is 0.256. The highest BCUT2D eigenvalue weighted by molar-refractivity contribution is 6.18. The van der Waals surface area contributed by atoms with Crippen molar-refractivity contribution in [3.05, 3.63) is 126 Å². The summed E-state index contributed by atoms with van der Waals surface area (Å²) in [5.41, 5.74) is 8.16. The zero-order chi connectivity index (χ0) is 24.9. The Balaban J connectivity index is 1.38. The minimum absolute atomic E-state index is 0.256. The van der Waals surface area contributed by atoms with Crippen molar-refractivity contribution in [2.45, 2.75) is 19.1 Å². The lowest BCUT2D eigenvalue weighted by Gasteiger charge is -2.18. The fourth-order valence-corrected chi connectivity index (χ4v) is 4.45. The number of nitrogens with two attached hydrogens (primary N) is 1. The average Bonchev–Trinajstić information content (AvgIpc) is 2.91. The molecule has 5 heteroatoms. The third-order valence-corrected chi connectivity index (χ3v) is 6.23. The van der Waals surface area contributed by atoms with Crippen molar-refractivity contribution in [2.24, 2.45) is 5.73 Å². The molecule has 0 aliphatic carbocycles. The lowest BCUT2D eigenvalue weighted by molar-refractivity contribution is -0.119. The number of nitrogens with one attached hydrogen (secondary N) is 1. The summed E-state index contributed by atoms with van der Waals surface area (Å²) in [6.45, 7) is 0.439. The highest BCUT2D eigenvalue weighted by Gasteiger charge is 2.22. The van der Waals surface area contributed by atoms with E-state index in [-0.39, 0.29) is 12.3 Å². The summed E-state index contributed by atoms with van der Waals surface area (Å²) < 4.78 is 5.92. The standard InChI is InChI=1S/C31H26N2O3/c32-30(34)28(18-22-11-8-14-25(17-22)36-20-21-9-2-1-3-10-21)33-31(35)29-26-15-6-4-12-23(26)19-24-13-5-7-16-27(24)29/h1-17,19,28H,18,20H2,(H2,32,34)(H,33,35)/t28-/m0/s1. The molecule has 36 heavy (non-hydrogen) atoms. The molecule has 0 bridgehead atoms. The van der Waals surface area contributed by atoms with Crippen LogP contribution in [0, 0.1) is 0 Å². The van der Waals surface area contributed by atoms with Gasteiger partial charge in [-0.15, -0.1) is 0 Å². The molecule has 0 aliphatic rings. The lowest BCUT2D eigenvalue weighted by Crippen LogP contribution is -2.46. The second kappa shape index (κ2) is 10.3. The van der Waals surface area contributed by atoms with Crippen LogP contribution in [-0.2, 0) is 17.8 Å². The maximum absolute atomic E-state index is 13.6. The van der Waals surface area contributed by atoms with Gasteiger partial charge in [0, 0.05) is 6.42 Å². The normalized spacial score (nSPS) is 11.8. The van der Waals surface area contributed by atoms with Gasteiger partial charge in [0.1, 0.15) is 18.4 Å². The number of ether oxygens (including phenoxy) is 1. The van der Waals surface area contributed by atoms with Crippen molar-refractivity contribution < 1.29 is 14.3 Å². The number of benzene rings is 5. The third-order valence-electron chi connectivity index (χ3n) is 6.23. The average molecular weight is 475 g/mol. The van der Waals surface area contributed by atoms with Gasteiger partial charge in [-0.05, 0) is 50.9 Å². The van der Waals surface area contributed by atoms with E-state index in [0.29, 0.717) is 17.9 Å². The van der Waals surface area contributed by atoms with Crippen LogP contribution in [0.1, 0.15) is 21.5 Å². The first-order chi connectivity index (χ1) is 17.6. The van der Waals surface area contributed by atoms with Crippen LogP contribution in [0.25, 0.3) is 21.5 Å². The van der Waals surface area contributed by atoms with Gasteiger partial charge in [-0.3, -0.25) is 9.59 Å². The highest BCUT2D eigenvalue weighted by atomic mass is 16.5. The topological polar surface area (TPSA) is 81.4 Å². The highest BCUT2D eigenvalue weighted by Crippen LogP contribution is 2.28. The van der Waals surface area contributed by atoms with Gasteiger partial charge in [-0.25, -0.2) is 0 Å². The maximum atomic E-state index is 13.6. The first kappa shape index (κ1) is 23.1. The van der Waals surface area contributed by atoms with Crippen molar-refractivity contribution in [1.82, 2.24) is 5.32 Å². The van der Waals surface area contributed by atoms with E-state index in [0.717, 1.165) is 32.7 Å². The molecule has 0 saturated carbocycles. The predicted octanol–water partition coefficient (Wildman–Crippen LogP) is 5.40. The molecule has 0 fully saturated rings. The van der Waals surface area contributed by atoms with Crippen LogP contribution in [0.4, 0.5) is 0 Å². The third kappa shape index (κ3) is 5.05. The monoisotopic (exact) mass is 474 g/mol. The Labute approximate surface area is 209 Å². The lowest BCUT2D eigenvalue weighted by atomic mass is 9.95. The number of hydrogen-bond acceptors (Lipinski definition) is 3. The number of carbonyl (C=O) groups excluding carboxylic acids is 2. The number of amides is 2. The van der Waals surface area contributed by atoms with Crippen molar-refractivity contribution in [3.63, 3.8) is 0 Å². The Morgan fingerprint density at radius 2 is 1.33 bits per heavy atom. The van der Waals surface area contributed by atoms with Gasteiger partial charge < -0.3 is 15.8 Å². The molecule has 2 amide bonds. The van der Waals surface area contributed by atoms with E-state index in [1.807, 2.05) is 103 Å². The van der Waals surface area contributed by atoms with Crippen LogP contribution < -0.4 is 15.8 Å². The van der Waals surface area contributed by atoms with Gasteiger partial charge >= 0.3 is 0 Å². The number of rotatable bonds is 8. The largest absolute Gasteiger partial charge is 0.489 e. The smallest absolute Gasteiger partial charge is 0.253 e.